The van der Waals surface area contributed by atoms with Crippen LogP contribution in [0.5, 0.6) is 0 Å². The summed E-state index contributed by atoms with van der Waals surface area (Å²) < 4.78 is 6.91. The molecule has 0 bridgehead atoms. The van der Waals surface area contributed by atoms with Gasteiger partial charge in [-0.1, -0.05) is 5.16 Å². The van der Waals surface area contributed by atoms with Gasteiger partial charge in [0.1, 0.15) is 0 Å². The molecular weight excluding hydrogens is 262 g/mol. The Bertz CT molecular complexity index is 670. The SMILES string of the molecule is Cc1nc2scc(C)n2c1CNCCc1ncon1. The Morgan fingerprint density at radius 2 is 2.32 bits per heavy atom. The highest BCUT2D eigenvalue weighted by atomic mass is 32.1. The summed E-state index contributed by atoms with van der Waals surface area (Å²) in [5.74, 6) is 0.731. The Labute approximate surface area is 114 Å². The number of nitrogens with one attached hydrogen (secondary N) is 1. The molecule has 0 aromatic carbocycles. The highest BCUT2D eigenvalue weighted by Crippen LogP contribution is 2.20. The van der Waals surface area contributed by atoms with Gasteiger partial charge < -0.3 is 9.84 Å². The standard InChI is InChI=1S/C12H15N5OS/c1-8-6-19-12-15-9(2)10(17(8)12)5-13-4-3-11-14-7-18-16-11/h6-7,13H,3-5H2,1-2H3. The summed E-state index contributed by atoms with van der Waals surface area (Å²) >= 11 is 1.68. The molecule has 0 atom stereocenters. The number of hydrogen-bond acceptors (Lipinski definition) is 6. The summed E-state index contributed by atoms with van der Waals surface area (Å²) in [4.78, 5) is 9.61. The largest absolute Gasteiger partial charge is 0.343 e. The van der Waals surface area contributed by atoms with Crippen molar-refractivity contribution in [3.8, 4) is 0 Å². The van der Waals surface area contributed by atoms with E-state index in [4.69, 9.17) is 4.52 Å². The first-order valence-corrected chi connectivity index (χ1v) is 7.01. The molecule has 19 heavy (non-hydrogen) atoms. The molecule has 7 heteroatoms. The minimum Gasteiger partial charge on any atom is -0.343 e. The first-order valence-electron chi connectivity index (χ1n) is 6.13. The second-order valence-corrected chi connectivity index (χ2v) is 5.25. The first-order chi connectivity index (χ1) is 9.25. The zero-order chi connectivity index (χ0) is 13.2. The Morgan fingerprint density at radius 3 is 3.11 bits per heavy atom. The number of hydrogen-bond donors (Lipinski definition) is 1. The Balaban J connectivity index is 1.65. The van der Waals surface area contributed by atoms with Gasteiger partial charge in [-0.05, 0) is 13.8 Å². The van der Waals surface area contributed by atoms with E-state index in [1.165, 1.54) is 17.8 Å². The molecule has 0 fully saturated rings. The van der Waals surface area contributed by atoms with Crippen LogP contribution >= 0.6 is 11.3 Å². The molecule has 0 amide bonds. The minimum absolute atomic E-state index is 0.731. The van der Waals surface area contributed by atoms with Crippen molar-refractivity contribution in [1.82, 2.24) is 24.8 Å². The third kappa shape index (κ3) is 2.39. The third-order valence-electron chi connectivity index (χ3n) is 3.05. The average Bonchev–Trinajstić information content (AvgIpc) is 3.07. The second-order valence-electron chi connectivity index (χ2n) is 4.41. The summed E-state index contributed by atoms with van der Waals surface area (Å²) in [6, 6.07) is 0. The first kappa shape index (κ1) is 12.3. The molecule has 0 aliphatic carbocycles. The highest BCUT2D eigenvalue weighted by molar-refractivity contribution is 7.15. The summed E-state index contributed by atoms with van der Waals surface area (Å²) in [6.45, 7) is 5.76. The van der Waals surface area contributed by atoms with Crippen LogP contribution in [-0.4, -0.2) is 26.1 Å². The lowest BCUT2D eigenvalue weighted by Gasteiger charge is -2.04. The van der Waals surface area contributed by atoms with E-state index in [0.717, 1.165) is 36.0 Å². The molecule has 0 unspecified atom stereocenters. The van der Waals surface area contributed by atoms with Gasteiger partial charge in [0.05, 0.1) is 11.4 Å². The maximum absolute atomic E-state index is 4.70. The molecule has 3 heterocycles. The smallest absolute Gasteiger partial charge is 0.213 e. The van der Waals surface area contributed by atoms with Gasteiger partial charge in [0.2, 0.25) is 6.39 Å². The van der Waals surface area contributed by atoms with Crippen LogP contribution in [-0.2, 0) is 13.0 Å². The van der Waals surface area contributed by atoms with Crippen molar-refractivity contribution in [1.29, 1.82) is 0 Å². The lowest BCUT2D eigenvalue weighted by atomic mass is 10.3. The summed E-state index contributed by atoms with van der Waals surface area (Å²) in [5, 5.41) is 9.31. The van der Waals surface area contributed by atoms with Gasteiger partial charge in [-0.25, -0.2) is 4.98 Å². The van der Waals surface area contributed by atoms with Crippen LogP contribution in [0.15, 0.2) is 16.3 Å². The van der Waals surface area contributed by atoms with E-state index in [-0.39, 0.29) is 0 Å². The summed E-state index contributed by atoms with van der Waals surface area (Å²) in [5.41, 5.74) is 3.54. The van der Waals surface area contributed by atoms with Crippen molar-refractivity contribution in [3.63, 3.8) is 0 Å². The molecule has 3 aromatic heterocycles. The van der Waals surface area contributed by atoms with Gasteiger partial charge >= 0.3 is 0 Å². The molecule has 0 saturated heterocycles. The van der Waals surface area contributed by atoms with Gasteiger partial charge in [0.25, 0.3) is 0 Å². The number of imidazole rings is 1. The summed E-state index contributed by atoms with van der Waals surface area (Å²) in [7, 11) is 0. The molecule has 0 radical (unpaired) electrons. The second kappa shape index (κ2) is 5.10. The maximum Gasteiger partial charge on any atom is 0.213 e. The van der Waals surface area contributed by atoms with E-state index in [9.17, 15) is 0 Å². The molecule has 0 aliphatic heterocycles. The molecule has 3 rings (SSSR count). The number of rotatable bonds is 5. The van der Waals surface area contributed by atoms with Gasteiger partial charge in [-0.15, -0.1) is 11.3 Å². The zero-order valence-electron chi connectivity index (χ0n) is 10.9. The van der Waals surface area contributed by atoms with Crippen molar-refractivity contribution in [2.24, 2.45) is 0 Å². The van der Waals surface area contributed by atoms with Gasteiger partial charge in [-0.2, -0.15) is 4.98 Å². The predicted molar refractivity (Wildman–Crippen MR) is 72.3 cm³/mol. The molecule has 6 nitrogen and oxygen atoms in total. The van der Waals surface area contributed by atoms with Crippen LogP contribution in [0.3, 0.4) is 0 Å². The van der Waals surface area contributed by atoms with Gasteiger partial charge in [0, 0.05) is 30.6 Å². The normalized spacial score (nSPS) is 11.5. The molecule has 100 valence electrons. The molecule has 0 spiro atoms. The lowest BCUT2D eigenvalue weighted by molar-refractivity contribution is 0.409. The number of aromatic nitrogens is 4. The molecule has 0 aliphatic rings. The topological polar surface area (TPSA) is 68.2 Å². The quantitative estimate of drug-likeness (QED) is 0.719. The zero-order valence-corrected chi connectivity index (χ0v) is 11.7. The van der Waals surface area contributed by atoms with Crippen LogP contribution in [0.4, 0.5) is 0 Å². The number of nitrogens with zero attached hydrogens (tertiary/aromatic N) is 4. The number of thiazole rings is 1. The Kier molecular flexibility index (Phi) is 3.31. The van der Waals surface area contributed by atoms with Crippen LogP contribution in [0.2, 0.25) is 0 Å². The van der Waals surface area contributed by atoms with Crippen LogP contribution in [0.1, 0.15) is 22.9 Å². The minimum atomic E-state index is 0.731. The van der Waals surface area contributed by atoms with E-state index in [2.05, 4.69) is 44.1 Å². The predicted octanol–water partition coefficient (Wildman–Crippen LogP) is 1.73. The van der Waals surface area contributed by atoms with Crippen molar-refractivity contribution in [3.05, 3.63) is 34.7 Å². The fourth-order valence-corrected chi connectivity index (χ4v) is 3.02. The van der Waals surface area contributed by atoms with Crippen molar-refractivity contribution in [2.75, 3.05) is 6.54 Å². The number of fused-ring (bicyclic) bond motifs is 1. The van der Waals surface area contributed by atoms with Gasteiger partial charge in [-0.3, -0.25) is 4.40 Å². The van der Waals surface area contributed by atoms with Crippen LogP contribution < -0.4 is 5.32 Å². The van der Waals surface area contributed by atoms with Crippen molar-refractivity contribution < 1.29 is 4.52 Å². The lowest BCUT2D eigenvalue weighted by Crippen LogP contribution is -2.19. The molecule has 0 saturated carbocycles. The van der Waals surface area contributed by atoms with E-state index in [0.29, 0.717) is 0 Å². The highest BCUT2D eigenvalue weighted by Gasteiger charge is 2.11. The monoisotopic (exact) mass is 277 g/mol. The molecule has 1 N–H and O–H groups in total. The Morgan fingerprint density at radius 1 is 1.42 bits per heavy atom. The molecule has 3 aromatic rings. The van der Waals surface area contributed by atoms with E-state index >= 15 is 0 Å². The summed E-state index contributed by atoms with van der Waals surface area (Å²) in [6.07, 6.45) is 2.12. The Hall–Kier alpha value is -1.73. The van der Waals surface area contributed by atoms with Crippen LogP contribution in [0.25, 0.3) is 4.96 Å². The fraction of sp³-hybridized carbons (Fsp3) is 0.417. The van der Waals surface area contributed by atoms with Gasteiger partial charge in [0.15, 0.2) is 10.8 Å². The van der Waals surface area contributed by atoms with Crippen molar-refractivity contribution in [2.45, 2.75) is 26.8 Å². The van der Waals surface area contributed by atoms with Crippen molar-refractivity contribution >= 4 is 16.3 Å². The van der Waals surface area contributed by atoms with E-state index in [1.54, 1.807) is 11.3 Å². The molecular formula is C12H15N5OS. The average molecular weight is 277 g/mol. The van der Waals surface area contributed by atoms with Crippen LogP contribution in [0, 0.1) is 13.8 Å². The number of aryl methyl sites for hydroxylation is 2. The third-order valence-corrected chi connectivity index (χ3v) is 4.00. The maximum atomic E-state index is 4.70. The van der Waals surface area contributed by atoms with E-state index < -0.39 is 0 Å². The van der Waals surface area contributed by atoms with E-state index in [1.807, 2.05) is 0 Å². The fourth-order valence-electron chi connectivity index (χ4n) is 2.09.